The Hall–Kier alpha value is -1.43. The molecule has 11 heteroatoms. The van der Waals surface area contributed by atoms with Crippen LogP contribution in [-0.2, 0) is 17.6 Å². The fourth-order valence-electron chi connectivity index (χ4n) is 2.01. The molecular weight excluding hydrogens is 371 g/mol. The fourth-order valence-corrected chi connectivity index (χ4v) is 2.77. The van der Waals surface area contributed by atoms with Gasteiger partial charge < -0.3 is 20.3 Å². The second-order valence-electron chi connectivity index (χ2n) is 7.26. The smallest absolute Gasteiger partial charge is 0.394 e. The highest BCUT2D eigenvalue weighted by Crippen LogP contribution is 2.32. The predicted molar refractivity (Wildman–Crippen MR) is 93.8 cm³/mol. The first-order chi connectivity index (χ1) is 11.9. The highest BCUT2D eigenvalue weighted by Gasteiger charge is 2.39. The van der Waals surface area contributed by atoms with Gasteiger partial charge >= 0.3 is 6.18 Å². The van der Waals surface area contributed by atoms with E-state index >= 15 is 0 Å². The van der Waals surface area contributed by atoms with E-state index < -0.39 is 49.8 Å². The van der Waals surface area contributed by atoms with Crippen molar-refractivity contribution < 1.29 is 28.1 Å². The number of nitrogens with one attached hydrogen (secondary N) is 1. The van der Waals surface area contributed by atoms with Crippen LogP contribution in [0.5, 0.6) is 0 Å². The van der Waals surface area contributed by atoms with E-state index in [-0.39, 0.29) is 6.73 Å². The summed E-state index contributed by atoms with van der Waals surface area (Å²) in [6.07, 6.45) is -5.22. The minimum Gasteiger partial charge on any atom is -0.394 e. The Kier molecular flexibility index (Phi) is 7.80. The van der Waals surface area contributed by atoms with Crippen LogP contribution in [0.1, 0.15) is 12.5 Å². The third-order valence-electron chi connectivity index (χ3n) is 3.66. The summed E-state index contributed by atoms with van der Waals surface area (Å²) in [5, 5.41) is 24.7. The van der Waals surface area contributed by atoms with E-state index in [0.717, 1.165) is 12.2 Å². The Labute approximate surface area is 150 Å². The number of halogens is 3. The average molecular weight is 397 g/mol. The molecule has 1 aromatic heterocycles. The summed E-state index contributed by atoms with van der Waals surface area (Å²) in [5.41, 5.74) is -3.39. The second kappa shape index (κ2) is 8.98. The van der Waals surface area contributed by atoms with Crippen molar-refractivity contribution in [1.82, 2.24) is 9.78 Å². The maximum Gasteiger partial charge on any atom is 0.423 e. The zero-order valence-electron chi connectivity index (χ0n) is 15.3. The molecule has 0 aliphatic carbocycles. The Morgan fingerprint density at radius 2 is 2.00 bits per heavy atom. The molecule has 7 nitrogen and oxygen atoms in total. The third kappa shape index (κ3) is 6.70. The van der Waals surface area contributed by atoms with Crippen LogP contribution in [-0.4, -0.2) is 53.4 Å². The lowest BCUT2D eigenvalue weighted by Crippen LogP contribution is -2.38. The molecule has 0 saturated carbocycles. The van der Waals surface area contributed by atoms with Crippen LogP contribution in [0.25, 0.3) is 0 Å². The largest absolute Gasteiger partial charge is 0.423 e. The van der Waals surface area contributed by atoms with E-state index in [1.54, 1.807) is 0 Å². The monoisotopic (exact) mass is 397 g/mol. The van der Waals surface area contributed by atoms with E-state index in [2.05, 4.69) is 30.1 Å². The number of anilines is 1. The van der Waals surface area contributed by atoms with E-state index in [9.17, 15) is 23.1 Å². The van der Waals surface area contributed by atoms with Crippen LogP contribution in [0.4, 0.5) is 18.9 Å². The Balaban J connectivity index is 3.06. The van der Waals surface area contributed by atoms with Crippen LogP contribution in [0, 0.1) is 0 Å². The van der Waals surface area contributed by atoms with Gasteiger partial charge in [0.05, 0.1) is 30.6 Å². The lowest BCUT2D eigenvalue weighted by molar-refractivity contribution is -0.138. The Morgan fingerprint density at radius 1 is 1.38 bits per heavy atom. The SMILES string of the molecule is CC(O)C(CO)Nc1cnn(COCC[Si](C)(C)C)c(=O)c1C(F)(F)F. The maximum absolute atomic E-state index is 13.3. The number of hydrogen-bond acceptors (Lipinski definition) is 6. The first kappa shape index (κ1) is 22.6. The molecule has 0 saturated heterocycles. The van der Waals surface area contributed by atoms with Crippen LogP contribution in [0.15, 0.2) is 11.0 Å². The van der Waals surface area contributed by atoms with Gasteiger partial charge in [0, 0.05) is 14.7 Å². The summed E-state index contributed by atoms with van der Waals surface area (Å²) in [6, 6.07) is -0.263. The summed E-state index contributed by atoms with van der Waals surface area (Å²) in [4.78, 5) is 12.2. The predicted octanol–water partition coefficient (Wildman–Crippen LogP) is 1.73. The molecule has 2 atom stereocenters. The number of nitrogens with zero attached hydrogens (tertiary/aromatic N) is 2. The van der Waals surface area contributed by atoms with Crippen molar-refractivity contribution in [3.8, 4) is 0 Å². The highest BCUT2D eigenvalue weighted by molar-refractivity contribution is 6.76. The molecule has 1 heterocycles. The number of alkyl halides is 3. The normalized spacial score (nSPS) is 15.0. The van der Waals surface area contributed by atoms with Gasteiger partial charge in [-0.1, -0.05) is 19.6 Å². The lowest BCUT2D eigenvalue weighted by Gasteiger charge is -2.22. The minimum atomic E-state index is -4.93. The fraction of sp³-hybridized carbons (Fsp3) is 0.733. The van der Waals surface area contributed by atoms with E-state index in [4.69, 9.17) is 9.84 Å². The highest BCUT2D eigenvalue weighted by atomic mass is 28.3. The Morgan fingerprint density at radius 3 is 2.46 bits per heavy atom. The average Bonchev–Trinajstić information content (AvgIpc) is 2.48. The van der Waals surface area contributed by atoms with Crippen LogP contribution in [0.2, 0.25) is 25.7 Å². The molecule has 0 aliphatic rings. The summed E-state index contributed by atoms with van der Waals surface area (Å²) in [6.45, 7) is 7.03. The van der Waals surface area contributed by atoms with Crippen LogP contribution < -0.4 is 10.9 Å². The zero-order valence-corrected chi connectivity index (χ0v) is 16.3. The number of aromatic nitrogens is 2. The van der Waals surface area contributed by atoms with Gasteiger partial charge in [0.1, 0.15) is 12.3 Å². The lowest BCUT2D eigenvalue weighted by atomic mass is 10.1. The Bertz CT molecular complexity index is 644. The van der Waals surface area contributed by atoms with Gasteiger partial charge in [0.25, 0.3) is 5.56 Å². The number of ether oxygens (including phenoxy) is 1. The molecule has 0 aromatic carbocycles. The van der Waals surface area contributed by atoms with E-state index in [1.165, 1.54) is 6.92 Å². The van der Waals surface area contributed by atoms with Crippen molar-refractivity contribution in [2.45, 2.75) is 57.7 Å². The number of hydrogen-bond donors (Lipinski definition) is 3. The standard InChI is InChI=1S/C15H26F3N3O4Si/c1-10(23)12(8-22)20-11-7-19-21(9-25-5-6-26(2,3)4)14(24)13(11)15(16,17)18/h7,10,12,20,22-23H,5-6,8-9H2,1-4H3. The van der Waals surface area contributed by atoms with Gasteiger partial charge in [-0.05, 0) is 13.0 Å². The molecule has 0 spiro atoms. The number of aliphatic hydroxyl groups excluding tert-OH is 2. The summed E-state index contributed by atoms with van der Waals surface area (Å²) < 4.78 is 45.9. The van der Waals surface area contributed by atoms with Gasteiger partial charge in [-0.3, -0.25) is 4.79 Å². The van der Waals surface area contributed by atoms with Gasteiger partial charge in [-0.2, -0.15) is 18.3 Å². The molecular formula is C15H26F3N3O4Si. The quantitative estimate of drug-likeness (QED) is 0.434. The first-order valence-corrected chi connectivity index (χ1v) is 11.9. The summed E-state index contributed by atoms with van der Waals surface area (Å²) >= 11 is 0. The molecule has 0 radical (unpaired) electrons. The van der Waals surface area contributed by atoms with Gasteiger partial charge in [0.2, 0.25) is 0 Å². The maximum atomic E-state index is 13.3. The molecule has 1 rings (SSSR count). The van der Waals surface area contributed by atoms with Crippen molar-refractivity contribution in [3.63, 3.8) is 0 Å². The van der Waals surface area contributed by atoms with Gasteiger partial charge in [-0.25, -0.2) is 4.68 Å². The van der Waals surface area contributed by atoms with Gasteiger partial charge in [0.15, 0.2) is 0 Å². The van der Waals surface area contributed by atoms with Crippen molar-refractivity contribution in [3.05, 3.63) is 22.1 Å². The molecule has 0 aliphatic heterocycles. The van der Waals surface area contributed by atoms with Crippen molar-refractivity contribution >= 4 is 13.8 Å². The molecule has 0 amide bonds. The molecule has 0 bridgehead atoms. The molecule has 2 unspecified atom stereocenters. The molecule has 0 fully saturated rings. The summed E-state index contributed by atoms with van der Waals surface area (Å²) in [7, 11) is -1.36. The zero-order chi connectivity index (χ0) is 20.1. The summed E-state index contributed by atoms with van der Waals surface area (Å²) in [5.74, 6) is 0. The number of rotatable bonds is 9. The van der Waals surface area contributed by atoms with Crippen LogP contribution >= 0.6 is 0 Å². The molecule has 150 valence electrons. The molecule has 26 heavy (non-hydrogen) atoms. The number of aliphatic hydroxyl groups is 2. The second-order valence-corrected chi connectivity index (χ2v) is 12.9. The third-order valence-corrected chi connectivity index (χ3v) is 5.36. The van der Waals surface area contributed by atoms with Crippen molar-refractivity contribution in [2.24, 2.45) is 0 Å². The van der Waals surface area contributed by atoms with Crippen LogP contribution in [0.3, 0.4) is 0 Å². The molecule has 1 aromatic rings. The van der Waals surface area contributed by atoms with Crippen molar-refractivity contribution in [1.29, 1.82) is 0 Å². The van der Waals surface area contributed by atoms with E-state index in [0.29, 0.717) is 11.3 Å². The van der Waals surface area contributed by atoms with Gasteiger partial charge in [-0.15, -0.1) is 0 Å². The topological polar surface area (TPSA) is 96.6 Å². The van der Waals surface area contributed by atoms with Crippen molar-refractivity contribution in [2.75, 3.05) is 18.5 Å². The van der Waals surface area contributed by atoms with E-state index in [1.807, 2.05) is 0 Å². The first-order valence-electron chi connectivity index (χ1n) is 8.17. The molecule has 3 N–H and O–H groups in total. The minimum absolute atomic E-state index is 0.333.